The van der Waals surface area contributed by atoms with Crippen LogP contribution in [0.2, 0.25) is 10.0 Å². The molecule has 0 aliphatic rings. The van der Waals surface area contributed by atoms with Gasteiger partial charge in [-0.05, 0) is 24.3 Å². The molecule has 1 heterocycles. The number of rotatable bonds is 3. The Hall–Kier alpha value is -2.57. The Bertz CT molecular complexity index is 897. The monoisotopic (exact) mass is 364 g/mol. The largest absolute Gasteiger partial charge is 0.324 e. The number of benzene rings is 2. The van der Waals surface area contributed by atoms with E-state index >= 15 is 0 Å². The van der Waals surface area contributed by atoms with Crippen molar-refractivity contribution in [2.45, 2.75) is 0 Å². The third-order valence-corrected chi connectivity index (χ3v) is 3.99. The number of urea groups is 1. The lowest BCUT2D eigenvalue weighted by atomic mass is 10.1. The molecule has 3 rings (SSSR count). The molecule has 1 aromatic heterocycles. The highest BCUT2D eigenvalue weighted by Gasteiger charge is 2.12. The number of carbonyl (C=O) groups excluding carboxylic acids is 1. The van der Waals surface area contributed by atoms with E-state index in [-0.39, 0.29) is 5.02 Å². The Balaban J connectivity index is 1.72. The molecule has 0 saturated carbocycles. The van der Waals surface area contributed by atoms with Crippen LogP contribution in [0.5, 0.6) is 0 Å². The summed E-state index contributed by atoms with van der Waals surface area (Å²) >= 11 is 11.9. The van der Waals surface area contributed by atoms with Crippen molar-refractivity contribution in [2.24, 2.45) is 0 Å². The number of hydrogen-bond acceptors (Lipinski definition) is 2. The Morgan fingerprint density at radius 3 is 2.67 bits per heavy atom. The molecule has 24 heavy (non-hydrogen) atoms. The second-order valence-electron chi connectivity index (χ2n) is 4.83. The van der Waals surface area contributed by atoms with Crippen LogP contribution in [0.25, 0.3) is 11.3 Å². The molecule has 0 spiro atoms. The number of anilines is 2. The predicted molar refractivity (Wildman–Crippen MR) is 93.1 cm³/mol. The van der Waals surface area contributed by atoms with Crippen molar-refractivity contribution >= 4 is 40.7 Å². The van der Waals surface area contributed by atoms with Gasteiger partial charge in [0.15, 0.2) is 0 Å². The Labute approximate surface area is 146 Å². The number of nitrogens with one attached hydrogen (secondary N) is 3. The molecule has 0 atom stereocenters. The van der Waals surface area contributed by atoms with Crippen molar-refractivity contribution in [3.05, 3.63) is 64.4 Å². The highest BCUT2D eigenvalue weighted by atomic mass is 35.5. The maximum absolute atomic E-state index is 13.7. The number of carbonyl (C=O) groups is 1. The van der Waals surface area contributed by atoms with Crippen LogP contribution < -0.4 is 10.6 Å². The highest BCUT2D eigenvalue weighted by molar-refractivity contribution is 6.44. The van der Waals surface area contributed by atoms with E-state index in [2.05, 4.69) is 20.8 Å². The summed E-state index contributed by atoms with van der Waals surface area (Å²) in [5, 5.41) is 12.3. The summed E-state index contributed by atoms with van der Waals surface area (Å²) in [6, 6.07) is 12.1. The molecule has 2 amide bonds. The lowest BCUT2D eigenvalue weighted by Gasteiger charge is -2.08. The highest BCUT2D eigenvalue weighted by Crippen LogP contribution is 2.29. The van der Waals surface area contributed by atoms with Crippen LogP contribution >= 0.6 is 23.2 Å². The van der Waals surface area contributed by atoms with E-state index in [4.69, 9.17) is 23.2 Å². The molecule has 0 unspecified atom stereocenters. The number of amides is 2. The van der Waals surface area contributed by atoms with Crippen LogP contribution in [-0.4, -0.2) is 16.2 Å². The number of hydrogen-bond donors (Lipinski definition) is 3. The molecular formula is C16H11Cl2FN4O. The van der Waals surface area contributed by atoms with Crippen LogP contribution in [0.1, 0.15) is 0 Å². The molecule has 0 fully saturated rings. The van der Waals surface area contributed by atoms with E-state index < -0.39 is 11.8 Å². The van der Waals surface area contributed by atoms with Crippen molar-refractivity contribution in [1.29, 1.82) is 0 Å². The van der Waals surface area contributed by atoms with Gasteiger partial charge in [0.2, 0.25) is 0 Å². The average molecular weight is 365 g/mol. The van der Waals surface area contributed by atoms with Crippen LogP contribution in [0.15, 0.2) is 48.5 Å². The van der Waals surface area contributed by atoms with Crippen LogP contribution in [0.4, 0.5) is 20.7 Å². The second kappa shape index (κ2) is 6.90. The minimum atomic E-state index is -0.539. The average Bonchev–Trinajstić information content (AvgIpc) is 3.00. The van der Waals surface area contributed by atoms with Gasteiger partial charge in [-0.25, -0.2) is 9.18 Å². The fourth-order valence-electron chi connectivity index (χ4n) is 2.07. The summed E-state index contributed by atoms with van der Waals surface area (Å²) in [5.41, 5.74) is 1.08. The summed E-state index contributed by atoms with van der Waals surface area (Å²) in [4.78, 5) is 12.0. The van der Waals surface area contributed by atoms with Gasteiger partial charge in [0, 0.05) is 11.6 Å². The van der Waals surface area contributed by atoms with Gasteiger partial charge in [-0.15, -0.1) is 0 Å². The summed E-state index contributed by atoms with van der Waals surface area (Å²) in [6.07, 6.45) is 0. The van der Waals surface area contributed by atoms with E-state index in [1.165, 1.54) is 12.1 Å². The summed E-state index contributed by atoms with van der Waals surface area (Å²) in [7, 11) is 0. The maximum Gasteiger partial charge on any atom is 0.324 e. The zero-order valence-electron chi connectivity index (χ0n) is 12.1. The Morgan fingerprint density at radius 1 is 1.08 bits per heavy atom. The third kappa shape index (κ3) is 3.50. The molecule has 122 valence electrons. The van der Waals surface area contributed by atoms with Gasteiger partial charge in [-0.3, -0.25) is 10.4 Å². The summed E-state index contributed by atoms with van der Waals surface area (Å²) in [5.74, 6) is -0.0883. The Kier molecular flexibility index (Phi) is 4.69. The number of halogens is 3. The van der Waals surface area contributed by atoms with Crippen LogP contribution in [-0.2, 0) is 0 Å². The quantitative estimate of drug-likeness (QED) is 0.600. The van der Waals surface area contributed by atoms with Gasteiger partial charge in [-0.1, -0.05) is 41.4 Å². The van der Waals surface area contributed by atoms with Gasteiger partial charge in [0.25, 0.3) is 0 Å². The lowest BCUT2D eigenvalue weighted by Crippen LogP contribution is -2.19. The fraction of sp³-hybridized carbons (Fsp3) is 0. The SMILES string of the molecule is O=C(Nc1cc(-c2ccccc2F)n[nH]1)Nc1cccc(Cl)c1Cl. The number of H-pyrrole nitrogens is 1. The topological polar surface area (TPSA) is 69.8 Å². The molecule has 0 bridgehead atoms. The first-order valence-electron chi connectivity index (χ1n) is 6.87. The van der Waals surface area contributed by atoms with Crippen molar-refractivity contribution in [3.63, 3.8) is 0 Å². The van der Waals surface area contributed by atoms with E-state index in [0.29, 0.717) is 27.8 Å². The van der Waals surface area contributed by atoms with E-state index in [9.17, 15) is 9.18 Å². The molecule has 0 radical (unpaired) electrons. The smallest absolute Gasteiger partial charge is 0.306 e. The number of nitrogens with zero attached hydrogens (tertiary/aromatic N) is 1. The summed E-state index contributed by atoms with van der Waals surface area (Å²) < 4.78 is 13.7. The van der Waals surface area contributed by atoms with Crippen molar-refractivity contribution < 1.29 is 9.18 Å². The van der Waals surface area contributed by atoms with Crippen molar-refractivity contribution in [3.8, 4) is 11.3 Å². The van der Waals surface area contributed by atoms with Gasteiger partial charge in [0.1, 0.15) is 11.6 Å². The first-order valence-corrected chi connectivity index (χ1v) is 7.62. The van der Waals surface area contributed by atoms with Gasteiger partial charge >= 0.3 is 6.03 Å². The fourth-order valence-corrected chi connectivity index (χ4v) is 2.42. The first kappa shape index (κ1) is 16.3. The maximum atomic E-state index is 13.7. The normalized spacial score (nSPS) is 10.5. The second-order valence-corrected chi connectivity index (χ2v) is 5.61. The molecular weight excluding hydrogens is 354 g/mol. The Morgan fingerprint density at radius 2 is 1.88 bits per heavy atom. The van der Waals surface area contributed by atoms with Crippen molar-refractivity contribution in [2.75, 3.05) is 10.6 Å². The number of aromatic nitrogens is 2. The third-order valence-electron chi connectivity index (χ3n) is 3.18. The molecule has 2 aromatic carbocycles. The van der Waals surface area contributed by atoms with Crippen LogP contribution in [0, 0.1) is 5.82 Å². The number of aromatic amines is 1. The van der Waals surface area contributed by atoms with Gasteiger partial charge in [0.05, 0.1) is 21.4 Å². The van der Waals surface area contributed by atoms with Crippen LogP contribution in [0.3, 0.4) is 0 Å². The predicted octanol–water partition coefficient (Wildman–Crippen LogP) is 5.17. The standard InChI is InChI=1S/C16H11Cl2FN4O/c17-10-5-3-7-12(15(10)18)20-16(24)21-14-8-13(22-23-14)9-4-1-2-6-11(9)19/h1-8H,(H3,20,21,22,23,24). The van der Waals surface area contributed by atoms with E-state index in [1.807, 2.05) is 0 Å². The summed E-state index contributed by atoms with van der Waals surface area (Å²) in [6.45, 7) is 0. The minimum absolute atomic E-state index is 0.242. The molecule has 0 saturated heterocycles. The first-order chi connectivity index (χ1) is 11.5. The molecule has 0 aliphatic carbocycles. The van der Waals surface area contributed by atoms with Gasteiger partial charge in [-0.2, -0.15) is 5.10 Å². The van der Waals surface area contributed by atoms with E-state index in [1.54, 1.807) is 36.4 Å². The molecule has 0 aliphatic heterocycles. The molecule has 3 N–H and O–H groups in total. The van der Waals surface area contributed by atoms with Crippen molar-refractivity contribution in [1.82, 2.24) is 10.2 Å². The molecule has 3 aromatic rings. The zero-order valence-corrected chi connectivity index (χ0v) is 13.6. The minimum Gasteiger partial charge on any atom is -0.306 e. The zero-order chi connectivity index (χ0) is 17.1. The van der Waals surface area contributed by atoms with E-state index in [0.717, 1.165) is 0 Å². The lowest BCUT2D eigenvalue weighted by molar-refractivity contribution is 0.262. The molecule has 8 heteroatoms. The van der Waals surface area contributed by atoms with Gasteiger partial charge < -0.3 is 5.32 Å². The molecule has 5 nitrogen and oxygen atoms in total.